The molecule has 1 aromatic heterocycles. The van der Waals surface area contributed by atoms with Crippen LogP contribution in [0.25, 0.3) is 10.9 Å². The summed E-state index contributed by atoms with van der Waals surface area (Å²) < 4.78 is 5.40. The molecule has 2 heterocycles. The van der Waals surface area contributed by atoms with Gasteiger partial charge in [-0.25, -0.2) is 0 Å². The number of H-pyrrole nitrogens is 1. The van der Waals surface area contributed by atoms with Crippen LogP contribution in [0.1, 0.15) is 35.0 Å². The molecule has 1 aliphatic heterocycles. The molecule has 1 atom stereocenters. The van der Waals surface area contributed by atoms with E-state index in [0.717, 1.165) is 67.8 Å². The van der Waals surface area contributed by atoms with E-state index in [0.29, 0.717) is 11.5 Å². The Labute approximate surface area is 200 Å². The van der Waals surface area contributed by atoms with Crippen LogP contribution in [0.15, 0.2) is 42.5 Å². The number of hydrogen-bond acceptors (Lipinski definition) is 4. The third-order valence-corrected chi connectivity index (χ3v) is 6.95. The van der Waals surface area contributed by atoms with Crippen molar-refractivity contribution in [1.82, 2.24) is 9.88 Å². The maximum atomic E-state index is 13.3. The fourth-order valence-corrected chi connectivity index (χ4v) is 5.06. The van der Waals surface area contributed by atoms with Crippen LogP contribution in [0.4, 0.5) is 11.4 Å². The number of morpholine rings is 1. The molecule has 7 nitrogen and oxygen atoms in total. The van der Waals surface area contributed by atoms with E-state index in [-0.39, 0.29) is 18.4 Å². The van der Waals surface area contributed by atoms with Crippen molar-refractivity contribution in [2.75, 3.05) is 50.1 Å². The zero-order valence-corrected chi connectivity index (χ0v) is 19.9. The molecule has 0 spiro atoms. The lowest BCUT2D eigenvalue weighted by molar-refractivity contribution is -0.116. The topological polar surface area (TPSA) is 77.7 Å². The molecule has 2 amide bonds. The first-order valence-electron chi connectivity index (χ1n) is 12.1. The average molecular weight is 461 g/mol. The SMILES string of the molecule is CC1CCc2[nH]c3c(C(=O)N(C)CC(=O)Nc4ccc(N5CCOCC5)cc4)cccc3c2C1. The van der Waals surface area contributed by atoms with Gasteiger partial charge in [-0.3, -0.25) is 9.59 Å². The normalized spacial score (nSPS) is 17.9. The summed E-state index contributed by atoms with van der Waals surface area (Å²) in [4.78, 5) is 33.2. The van der Waals surface area contributed by atoms with E-state index in [1.807, 2.05) is 36.4 Å². The van der Waals surface area contributed by atoms with E-state index in [9.17, 15) is 9.59 Å². The molecule has 34 heavy (non-hydrogen) atoms. The molecular weight excluding hydrogens is 428 g/mol. The number of nitrogens with one attached hydrogen (secondary N) is 2. The molecule has 2 aromatic carbocycles. The van der Waals surface area contributed by atoms with E-state index in [1.54, 1.807) is 7.05 Å². The van der Waals surface area contributed by atoms with Crippen LogP contribution in [0.2, 0.25) is 0 Å². The number of para-hydroxylation sites is 1. The highest BCUT2D eigenvalue weighted by Gasteiger charge is 2.24. The molecule has 3 aromatic rings. The number of aromatic amines is 1. The number of nitrogens with zero attached hydrogens (tertiary/aromatic N) is 2. The smallest absolute Gasteiger partial charge is 0.256 e. The number of amides is 2. The van der Waals surface area contributed by atoms with E-state index in [4.69, 9.17) is 4.74 Å². The number of anilines is 2. The molecule has 1 saturated heterocycles. The van der Waals surface area contributed by atoms with Crippen LogP contribution in [-0.2, 0) is 22.4 Å². The van der Waals surface area contributed by atoms with Gasteiger partial charge in [0, 0.05) is 42.6 Å². The lowest BCUT2D eigenvalue weighted by Gasteiger charge is -2.28. The predicted molar refractivity (Wildman–Crippen MR) is 135 cm³/mol. The summed E-state index contributed by atoms with van der Waals surface area (Å²) in [5, 5.41) is 4.04. The molecule has 0 saturated carbocycles. The number of ether oxygens (including phenoxy) is 1. The number of fused-ring (bicyclic) bond motifs is 3. The van der Waals surface area contributed by atoms with Gasteiger partial charge in [0.1, 0.15) is 0 Å². The highest BCUT2D eigenvalue weighted by atomic mass is 16.5. The largest absolute Gasteiger partial charge is 0.378 e. The Bertz CT molecular complexity index is 1190. The van der Waals surface area contributed by atoms with Crippen LogP contribution in [0, 0.1) is 5.92 Å². The highest BCUT2D eigenvalue weighted by Crippen LogP contribution is 2.33. The summed E-state index contributed by atoms with van der Waals surface area (Å²) in [6.07, 6.45) is 3.22. The first kappa shape index (κ1) is 22.5. The lowest BCUT2D eigenvalue weighted by Crippen LogP contribution is -2.36. The van der Waals surface area contributed by atoms with Gasteiger partial charge in [0.25, 0.3) is 5.91 Å². The Balaban J connectivity index is 1.24. The van der Waals surface area contributed by atoms with Crippen LogP contribution >= 0.6 is 0 Å². The molecule has 2 N–H and O–H groups in total. The maximum absolute atomic E-state index is 13.3. The lowest BCUT2D eigenvalue weighted by atomic mass is 9.87. The fraction of sp³-hybridized carbons (Fsp3) is 0.407. The fourth-order valence-electron chi connectivity index (χ4n) is 5.06. The van der Waals surface area contributed by atoms with Gasteiger partial charge in [0.15, 0.2) is 0 Å². The summed E-state index contributed by atoms with van der Waals surface area (Å²) in [6.45, 7) is 5.47. The Morgan fingerprint density at radius 1 is 1.15 bits per heavy atom. The van der Waals surface area contributed by atoms with Crippen LogP contribution < -0.4 is 10.2 Å². The second-order valence-electron chi connectivity index (χ2n) is 9.51. The molecule has 2 aliphatic rings. The zero-order chi connectivity index (χ0) is 23.7. The number of hydrogen-bond donors (Lipinski definition) is 2. The summed E-state index contributed by atoms with van der Waals surface area (Å²) >= 11 is 0. The Kier molecular flexibility index (Phi) is 6.28. The van der Waals surface area contributed by atoms with Crippen molar-refractivity contribution in [2.24, 2.45) is 5.92 Å². The molecule has 0 bridgehead atoms. The number of rotatable bonds is 5. The summed E-state index contributed by atoms with van der Waals surface area (Å²) in [5.41, 5.74) is 5.92. The number of benzene rings is 2. The van der Waals surface area contributed by atoms with Crippen molar-refractivity contribution in [3.63, 3.8) is 0 Å². The third kappa shape index (κ3) is 4.53. The van der Waals surface area contributed by atoms with E-state index in [1.165, 1.54) is 16.2 Å². The first-order chi connectivity index (χ1) is 16.5. The molecule has 5 rings (SSSR count). The number of carbonyl (C=O) groups is 2. The zero-order valence-electron chi connectivity index (χ0n) is 19.9. The highest BCUT2D eigenvalue weighted by molar-refractivity contribution is 6.08. The average Bonchev–Trinajstić information content (AvgIpc) is 3.22. The van der Waals surface area contributed by atoms with E-state index < -0.39 is 0 Å². The minimum absolute atomic E-state index is 0.0160. The molecule has 0 radical (unpaired) electrons. The Morgan fingerprint density at radius 2 is 1.91 bits per heavy atom. The van der Waals surface area contributed by atoms with Gasteiger partial charge in [0.2, 0.25) is 5.91 Å². The van der Waals surface area contributed by atoms with Crippen LogP contribution in [0.5, 0.6) is 0 Å². The molecule has 1 unspecified atom stereocenters. The molecule has 1 aliphatic carbocycles. The Morgan fingerprint density at radius 3 is 2.68 bits per heavy atom. The second-order valence-corrected chi connectivity index (χ2v) is 9.51. The first-order valence-corrected chi connectivity index (χ1v) is 12.1. The van der Waals surface area contributed by atoms with E-state index in [2.05, 4.69) is 28.2 Å². The van der Waals surface area contributed by atoms with Gasteiger partial charge in [-0.1, -0.05) is 19.1 Å². The van der Waals surface area contributed by atoms with Crippen LogP contribution in [-0.4, -0.2) is 61.6 Å². The summed E-state index contributed by atoms with van der Waals surface area (Å²) in [7, 11) is 1.67. The molecule has 1 fully saturated rings. The van der Waals surface area contributed by atoms with Crippen molar-refractivity contribution in [2.45, 2.75) is 26.2 Å². The number of carbonyl (C=O) groups excluding carboxylic acids is 2. The third-order valence-electron chi connectivity index (χ3n) is 6.95. The van der Waals surface area contributed by atoms with Gasteiger partial charge >= 0.3 is 0 Å². The van der Waals surface area contributed by atoms with Gasteiger partial charge in [-0.15, -0.1) is 0 Å². The van der Waals surface area contributed by atoms with Gasteiger partial charge in [-0.05, 0) is 61.1 Å². The van der Waals surface area contributed by atoms with E-state index >= 15 is 0 Å². The van der Waals surface area contributed by atoms with Crippen molar-refractivity contribution >= 4 is 34.1 Å². The van der Waals surface area contributed by atoms with Crippen molar-refractivity contribution < 1.29 is 14.3 Å². The van der Waals surface area contributed by atoms with Crippen LogP contribution in [0.3, 0.4) is 0 Å². The van der Waals surface area contributed by atoms with Gasteiger partial charge in [0.05, 0.1) is 30.8 Å². The summed E-state index contributed by atoms with van der Waals surface area (Å²) in [6, 6.07) is 13.7. The maximum Gasteiger partial charge on any atom is 0.256 e. The monoisotopic (exact) mass is 460 g/mol. The number of aromatic nitrogens is 1. The van der Waals surface area contributed by atoms with Gasteiger partial charge in [-0.2, -0.15) is 0 Å². The Hall–Kier alpha value is -3.32. The minimum Gasteiger partial charge on any atom is -0.378 e. The van der Waals surface area contributed by atoms with Crippen molar-refractivity contribution in [3.8, 4) is 0 Å². The summed E-state index contributed by atoms with van der Waals surface area (Å²) in [5.74, 6) is 0.275. The number of aryl methyl sites for hydroxylation is 1. The quantitative estimate of drug-likeness (QED) is 0.607. The predicted octanol–water partition coefficient (Wildman–Crippen LogP) is 3.84. The molecule has 7 heteroatoms. The minimum atomic E-state index is -0.221. The van der Waals surface area contributed by atoms with Gasteiger partial charge < -0.3 is 24.8 Å². The standard InChI is InChI=1S/C27H32N4O3/c1-18-6-11-24-23(16-18)21-4-3-5-22(26(21)29-24)27(33)30(2)17-25(32)28-19-7-9-20(10-8-19)31-12-14-34-15-13-31/h3-5,7-10,18,29H,6,11-17H2,1-2H3,(H,28,32). The molecular formula is C27H32N4O3. The second kappa shape index (κ2) is 9.50. The number of likely N-dealkylation sites (N-methyl/N-ethyl adjacent to an activating group) is 1. The van der Waals surface area contributed by atoms with Crippen molar-refractivity contribution in [3.05, 3.63) is 59.3 Å². The molecule has 178 valence electrons. The van der Waals surface area contributed by atoms with Crippen molar-refractivity contribution in [1.29, 1.82) is 0 Å².